The monoisotopic (exact) mass is 344 g/mol. The first-order valence-electron chi connectivity index (χ1n) is 8.86. The largest absolute Gasteiger partial charge is 0.445 e. The fourth-order valence-corrected chi connectivity index (χ4v) is 3.47. The van der Waals surface area contributed by atoms with Crippen molar-refractivity contribution in [3.05, 3.63) is 53.5 Å². The number of likely N-dealkylation sites (tertiary alicyclic amines) is 1. The van der Waals surface area contributed by atoms with Gasteiger partial charge in [-0.25, -0.2) is 9.37 Å². The van der Waals surface area contributed by atoms with E-state index in [0.717, 1.165) is 19.4 Å². The number of hydrogen-bond donors (Lipinski definition) is 0. The van der Waals surface area contributed by atoms with Crippen molar-refractivity contribution < 1.29 is 13.6 Å². The average Bonchev–Trinajstić information content (AvgIpc) is 3.06. The smallest absolute Gasteiger partial charge is 0.225 e. The van der Waals surface area contributed by atoms with Crippen LogP contribution in [0.5, 0.6) is 0 Å². The average molecular weight is 344 g/mol. The van der Waals surface area contributed by atoms with Crippen molar-refractivity contribution in [2.75, 3.05) is 13.1 Å². The summed E-state index contributed by atoms with van der Waals surface area (Å²) in [4.78, 5) is 18.7. The Kier molecular flexibility index (Phi) is 4.93. The second-order valence-corrected chi connectivity index (χ2v) is 7.48. The number of amides is 1. The van der Waals surface area contributed by atoms with Crippen LogP contribution in [-0.4, -0.2) is 28.9 Å². The first kappa shape index (κ1) is 17.6. The molecule has 0 aliphatic carbocycles. The van der Waals surface area contributed by atoms with E-state index in [9.17, 15) is 9.18 Å². The summed E-state index contributed by atoms with van der Waals surface area (Å²) in [7, 11) is 0. The van der Waals surface area contributed by atoms with Gasteiger partial charge in [0.05, 0.1) is 11.6 Å². The Morgan fingerprint density at radius 1 is 1.40 bits per heavy atom. The van der Waals surface area contributed by atoms with E-state index in [4.69, 9.17) is 4.42 Å². The maximum atomic E-state index is 13.8. The van der Waals surface area contributed by atoms with Gasteiger partial charge >= 0.3 is 0 Å². The summed E-state index contributed by atoms with van der Waals surface area (Å²) in [5.41, 5.74) is 0.298. The molecule has 5 heteroatoms. The molecule has 0 radical (unpaired) electrons. The highest BCUT2D eigenvalue weighted by molar-refractivity contribution is 5.78. The number of aromatic nitrogens is 1. The molecule has 1 amide bonds. The molecule has 1 aliphatic rings. The van der Waals surface area contributed by atoms with Gasteiger partial charge in [-0.15, -0.1) is 0 Å². The molecular formula is C20H25FN2O2. The van der Waals surface area contributed by atoms with Crippen LogP contribution in [0, 0.1) is 11.7 Å². The lowest BCUT2D eigenvalue weighted by atomic mass is 9.81. The molecule has 1 aromatic heterocycles. The fourth-order valence-electron chi connectivity index (χ4n) is 3.47. The Morgan fingerprint density at radius 2 is 2.16 bits per heavy atom. The number of oxazole rings is 1. The Balaban J connectivity index is 1.76. The minimum atomic E-state index is -0.295. The summed E-state index contributed by atoms with van der Waals surface area (Å²) in [5.74, 6) is 1.21. The number of benzene rings is 1. The van der Waals surface area contributed by atoms with Crippen LogP contribution in [0.1, 0.15) is 50.8 Å². The van der Waals surface area contributed by atoms with Gasteiger partial charge in [0.2, 0.25) is 11.8 Å². The van der Waals surface area contributed by atoms with Crippen LogP contribution in [0.15, 0.2) is 34.9 Å². The fraction of sp³-hybridized carbons (Fsp3) is 0.500. The van der Waals surface area contributed by atoms with Gasteiger partial charge in [-0.2, -0.15) is 0 Å². The summed E-state index contributed by atoms with van der Waals surface area (Å²) < 4.78 is 19.8. The predicted molar refractivity (Wildman–Crippen MR) is 93.7 cm³/mol. The minimum Gasteiger partial charge on any atom is -0.445 e. The maximum Gasteiger partial charge on any atom is 0.225 e. The summed E-state index contributed by atoms with van der Waals surface area (Å²) in [6.45, 7) is 7.34. The standard InChI is InChI=1S/C20H25FN2O2/c1-14(2)18(24)23-10-6-9-20(3,13-23)19-22-12-16(25-19)11-15-7-4-5-8-17(15)21/h4-5,7-8,12,14H,6,9-11,13H2,1-3H3/t20-/m1/s1. The molecule has 1 fully saturated rings. The molecule has 1 saturated heterocycles. The van der Waals surface area contributed by atoms with Crippen molar-refractivity contribution in [3.63, 3.8) is 0 Å². The topological polar surface area (TPSA) is 46.3 Å². The van der Waals surface area contributed by atoms with Crippen LogP contribution in [-0.2, 0) is 16.6 Å². The molecule has 2 aromatic rings. The van der Waals surface area contributed by atoms with Gasteiger partial charge in [0, 0.05) is 25.4 Å². The van der Waals surface area contributed by atoms with E-state index < -0.39 is 0 Å². The normalized spacial score (nSPS) is 20.9. The van der Waals surface area contributed by atoms with E-state index in [1.54, 1.807) is 18.3 Å². The lowest BCUT2D eigenvalue weighted by Crippen LogP contribution is -2.48. The zero-order valence-electron chi connectivity index (χ0n) is 15.1. The van der Waals surface area contributed by atoms with E-state index in [1.807, 2.05) is 24.8 Å². The molecule has 1 aromatic carbocycles. The van der Waals surface area contributed by atoms with E-state index >= 15 is 0 Å². The SMILES string of the molecule is CC(C)C(=O)N1CCC[C@@](C)(c2ncc(Cc3ccccc3F)o2)C1. The number of carbonyl (C=O) groups excluding carboxylic acids is 1. The Morgan fingerprint density at radius 3 is 2.88 bits per heavy atom. The molecule has 0 saturated carbocycles. The highest BCUT2D eigenvalue weighted by Gasteiger charge is 2.38. The van der Waals surface area contributed by atoms with Crippen molar-refractivity contribution in [2.45, 2.75) is 45.4 Å². The van der Waals surface area contributed by atoms with Crippen LogP contribution >= 0.6 is 0 Å². The van der Waals surface area contributed by atoms with E-state index in [-0.39, 0.29) is 23.1 Å². The minimum absolute atomic E-state index is 0.0106. The molecule has 1 atom stereocenters. The van der Waals surface area contributed by atoms with Crippen molar-refractivity contribution in [3.8, 4) is 0 Å². The zero-order chi connectivity index (χ0) is 18.0. The zero-order valence-corrected chi connectivity index (χ0v) is 15.1. The summed E-state index contributed by atoms with van der Waals surface area (Å²) in [6, 6.07) is 6.69. The summed E-state index contributed by atoms with van der Waals surface area (Å²) in [6.07, 6.45) is 3.91. The van der Waals surface area contributed by atoms with Gasteiger partial charge in [-0.3, -0.25) is 4.79 Å². The summed E-state index contributed by atoms with van der Waals surface area (Å²) >= 11 is 0. The van der Waals surface area contributed by atoms with Crippen molar-refractivity contribution in [1.82, 2.24) is 9.88 Å². The van der Waals surface area contributed by atoms with Crippen molar-refractivity contribution >= 4 is 5.91 Å². The molecule has 4 nitrogen and oxygen atoms in total. The number of nitrogens with zero attached hydrogens (tertiary/aromatic N) is 2. The number of carbonyl (C=O) groups is 1. The van der Waals surface area contributed by atoms with Crippen LogP contribution in [0.25, 0.3) is 0 Å². The molecule has 0 spiro atoms. The molecule has 0 unspecified atom stereocenters. The van der Waals surface area contributed by atoms with Crippen LogP contribution < -0.4 is 0 Å². The molecule has 2 heterocycles. The molecule has 1 aliphatic heterocycles. The number of piperidine rings is 1. The predicted octanol–water partition coefficient (Wildman–Crippen LogP) is 3.94. The third kappa shape index (κ3) is 3.75. The molecular weight excluding hydrogens is 319 g/mol. The highest BCUT2D eigenvalue weighted by atomic mass is 19.1. The van der Waals surface area contributed by atoms with Gasteiger partial charge in [-0.05, 0) is 31.4 Å². The van der Waals surface area contributed by atoms with Gasteiger partial charge in [0.15, 0.2) is 0 Å². The molecule has 0 N–H and O–H groups in total. The second kappa shape index (κ2) is 6.98. The van der Waals surface area contributed by atoms with Gasteiger partial charge in [0.1, 0.15) is 11.6 Å². The third-order valence-electron chi connectivity index (χ3n) is 4.89. The number of halogens is 1. The Labute approximate surface area is 148 Å². The quantitative estimate of drug-likeness (QED) is 0.844. The van der Waals surface area contributed by atoms with Crippen molar-refractivity contribution in [2.24, 2.45) is 5.92 Å². The van der Waals surface area contributed by atoms with Gasteiger partial charge in [0.25, 0.3) is 0 Å². The maximum absolute atomic E-state index is 13.8. The van der Waals surface area contributed by atoms with Crippen molar-refractivity contribution in [1.29, 1.82) is 0 Å². The first-order valence-corrected chi connectivity index (χ1v) is 8.86. The van der Waals surface area contributed by atoms with Gasteiger partial charge in [-0.1, -0.05) is 32.0 Å². The molecule has 0 bridgehead atoms. The van der Waals surface area contributed by atoms with E-state index in [0.29, 0.717) is 30.2 Å². The Bertz CT molecular complexity index is 756. The lowest BCUT2D eigenvalue weighted by Gasteiger charge is -2.39. The van der Waals surface area contributed by atoms with Gasteiger partial charge < -0.3 is 9.32 Å². The summed E-state index contributed by atoms with van der Waals surface area (Å²) in [5, 5.41) is 0. The molecule has 25 heavy (non-hydrogen) atoms. The molecule has 134 valence electrons. The van der Waals surface area contributed by atoms with Crippen LogP contribution in [0.2, 0.25) is 0 Å². The second-order valence-electron chi connectivity index (χ2n) is 7.48. The van der Waals surface area contributed by atoms with Crippen LogP contribution in [0.4, 0.5) is 4.39 Å². The number of rotatable bonds is 4. The third-order valence-corrected chi connectivity index (χ3v) is 4.89. The number of hydrogen-bond acceptors (Lipinski definition) is 3. The lowest BCUT2D eigenvalue weighted by molar-refractivity contribution is -0.136. The highest BCUT2D eigenvalue weighted by Crippen LogP contribution is 2.34. The van der Waals surface area contributed by atoms with E-state index in [1.165, 1.54) is 6.07 Å². The van der Waals surface area contributed by atoms with Crippen LogP contribution in [0.3, 0.4) is 0 Å². The molecule has 3 rings (SSSR count). The first-order chi connectivity index (χ1) is 11.9. The Hall–Kier alpha value is -2.17. The van der Waals surface area contributed by atoms with E-state index in [2.05, 4.69) is 11.9 Å².